The molecule has 6 heteroatoms. The average Bonchev–Trinajstić information content (AvgIpc) is 2.68. The summed E-state index contributed by atoms with van der Waals surface area (Å²) in [6, 6.07) is 0. The SMILES string of the molecule is C=CC(=O)[O][Ti+]([O]C(=O)C=C)[C]1=C(C)C(C)=C(C)C1(C)C.C[O-]. The maximum absolute atomic E-state index is 11.6. The quantitative estimate of drug-likeness (QED) is 0.559. The van der Waals surface area contributed by atoms with Crippen LogP contribution in [-0.4, -0.2) is 19.0 Å². The van der Waals surface area contributed by atoms with Gasteiger partial charge in [-0.3, -0.25) is 0 Å². The van der Waals surface area contributed by atoms with E-state index in [2.05, 4.69) is 13.2 Å². The van der Waals surface area contributed by atoms with E-state index in [1.165, 1.54) is 5.57 Å². The minimum absolute atomic E-state index is 0.285. The van der Waals surface area contributed by atoms with Gasteiger partial charge in [0, 0.05) is 0 Å². The third-order valence-corrected chi connectivity index (χ3v) is 7.39. The van der Waals surface area contributed by atoms with Crippen molar-refractivity contribution in [2.24, 2.45) is 5.41 Å². The largest absolute Gasteiger partial charge is 0.857 e. The summed E-state index contributed by atoms with van der Waals surface area (Å²) < 4.78 is 11.7. The Morgan fingerprint density at radius 1 is 1.00 bits per heavy atom. The third-order valence-electron chi connectivity index (χ3n) is 3.99. The molecule has 0 bridgehead atoms. The van der Waals surface area contributed by atoms with Gasteiger partial charge >= 0.3 is 133 Å². The summed E-state index contributed by atoms with van der Waals surface area (Å²) in [5.41, 5.74) is 3.11. The van der Waals surface area contributed by atoms with Crippen LogP contribution < -0.4 is 5.11 Å². The van der Waals surface area contributed by atoms with Crippen LogP contribution in [-0.2, 0) is 34.9 Å². The third kappa shape index (κ3) is 4.77. The molecule has 0 unspecified atom stereocenters. The first-order valence-electron chi connectivity index (χ1n) is 7.03. The average molecular weight is 356 g/mol. The van der Waals surface area contributed by atoms with Gasteiger partial charge in [-0.05, 0) is 0 Å². The maximum Gasteiger partial charge on any atom is -0.153 e. The van der Waals surface area contributed by atoms with Gasteiger partial charge in [0.2, 0.25) is 0 Å². The molecule has 0 spiro atoms. The van der Waals surface area contributed by atoms with Gasteiger partial charge in [-0.1, -0.05) is 0 Å². The predicted octanol–water partition coefficient (Wildman–Crippen LogP) is 2.52. The number of allylic oxidation sites excluding steroid dienone is 4. The standard InChI is InChI=1S/C10H15.2C3H4O2.CH3O.Ti/c1-7-6-10(4,5)9(3)8(7)2;2*1-2-3(4)5;1-2;/h1-5H3;2*2H,1H2,(H,4,5);1H3;/q;;;-1;+3/p-2. The van der Waals surface area contributed by atoms with Crippen molar-refractivity contribution in [2.75, 3.05) is 7.11 Å². The smallest absolute Gasteiger partial charge is 0.153 e. The Hall–Kier alpha value is -1.43. The molecule has 0 heterocycles. The topological polar surface area (TPSA) is 75.7 Å². The zero-order valence-corrected chi connectivity index (χ0v) is 16.2. The summed E-state index contributed by atoms with van der Waals surface area (Å²) >= 11 is -3.02. The van der Waals surface area contributed by atoms with Crippen LogP contribution >= 0.6 is 0 Å². The monoisotopic (exact) mass is 356 g/mol. The summed E-state index contributed by atoms with van der Waals surface area (Å²) in [6.45, 7) is 16.9. The van der Waals surface area contributed by atoms with Crippen LogP contribution in [0.15, 0.2) is 45.9 Å². The second-order valence-electron chi connectivity index (χ2n) is 5.41. The molecule has 0 radical (unpaired) electrons. The van der Waals surface area contributed by atoms with Crippen LogP contribution in [0, 0.1) is 5.41 Å². The van der Waals surface area contributed by atoms with Crippen LogP contribution in [0.3, 0.4) is 0 Å². The van der Waals surface area contributed by atoms with Gasteiger partial charge in [0.25, 0.3) is 0 Å². The fourth-order valence-corrected chi connectivity index (χ4v) is 5.47. The molecule has 126 valence electrons. The van der Waals surface area contributed by atoms with Crippen LogP contribution in [0.2, 0.25) is 0 Å². The molecule has 23 heavy (non-hydrogen) atoms. The minimum Gasteiger partial charge on any atom is -0.857 e. The molecular formula is C17H24O5Ti. The number of rotatable bonds is 5. The number of hydrogen-bond acceptors (Lipinski definition) is 5. The Morgan fingerprint density at radius 3 is 1.65 bits per heavy atom. The molecule has 0 atom stereocenters. The number of hydrogen-bond donors (Lipinski definition) is 0. The van der Waals surface area contributed by atoms with Gasteiger partial charge in [0.15, 0.2) is 0 Å². The normalized spacial score (nSPS) is 15.4. The molecule has 1 rings (SSSR count). The van der Waals surface area contributed by atoms with Gasteiger partial charge < -0.3 is 5.11 Å². The van der Waals surface area contributed by atoms with E-state index in [1.54, 1.807) is 0 Å². The first-order chi connectivity index (χ1) is 10.7. The molecule has 0 aliphatic heterocycles. The Morgan fingerprint density at radius 2 is 1.39 bits per heavy atom. The Labute approximate surface area is 145 Å². The molecule has 1 aliphatic carbocycles. The molecule has 0 amide bonds. The minimum atomic E-state index is -3.02. The van der Waals surface area contributed by atoms with Gasteiger partial charge in [0.1, 0.15) is 0 Å². The van der Waals surface area contributed by atoms with Crippen molar-refractivity contribution in [3.8, 4) is 0 Å². The van der Waals surface area contributed by atoms with E-state index in [0.29, 0.717) is 0 Å². The van der Waals surface area contributed by atoms with Crippen molar-refractivity contribution in [2.45, 2.75) is 34.6 Å². The van der Waals surface area contributed by atoms with Gasteiger partial charge in [-0.15, -0.1) is 0 Å². The van der Waals surface area contributed by atoms with E-state index in [9.17, 15) is 9.59 Å². The molecule has 0 N–H and O–H groups in total. The van der Waals surface area contributed by atoms with E-state index in [1.807, 2.05) is 34.6 Å². The summed E-state index contributed by atoms with van der Waals surface area (Å²) in [6.07, 6.45) is 2.17. The fourth-order valence-electron chi connectivity index (χ4n) is 2.39. The van der Waals surface area contributed by atoms with Gasteiger partial charge in [-0.25, -0.2) is 0 Å². The van der Waals surface area contributed by atoms with Crippen molar-refractivity contribution < 1.29 is 40.0 Å². The molecule has 0 aromatic rings. The summed E-state index contributed by atoms with van der Waals surface area (Å²) in [5.74, 6) is -1.14. The second kappa shape index (κ2) is 9.01. The van der Waals surface area contributed by atoms with Crippen molar-refractivity contribution in [1.29, 1.82) is 0 Å². The second-order valence-corrected chi connectivity index (χ2v) is 7.73. The summed E-state index contributed by atoms with van der Waals surface area (Å²) in [4.78, 5) is 23.2. The molecule has 0 saturated carbocycles. The van der Waals surface area contributed by atoms with Crippen molar-refractivity contribution in [3.05, 3.63) is 45.9 Å². The van der Waals surface area contributed by atoms with Crippen LogP contribution in [0.25, 0.3) is 0 Å². The van der Waals surface area contributed by atoms with E-state index in [0.717, 1.165) is 34.3 Å². The molecule has 5 nitrogen and oxygen atoms in total. The predicted molar refractivity (Wildman–Crippen MR) is 83.4 cm³/mol. The molecule has 0 saturated heterocycles. The van der Waals surface area contributed by atoms with Crippen molar-refractivity contribution in [1.82, 2.24) is 0 Å². The van der Waals surface area contributed by atoms with E-state index < -0.39 is 30.6 Å². The first kappa shape index (κ1) is 21.6. The van der Waals surface area contributed by atoms with E-state index in [-0.39, 0.29) is 5.41 Å². The zero-order chi connectivity index (χ0) is 18.4. The Bertz CT molecular complexity index is 548. The molecular weight excluding hydrogens is 332 g/mol. The van der Waals surface area contributed by atoms with Gasteiger partial charge in [-0.2, -0.15) is 7.11 Å². The number of carbonyl (C=O) groups excluding carboxylic acids is 2. The first-order valence-corrected chi connectivity index (χ1v) is 9.08. The van der Waals surface area contributed by atoms with E-state index in [4.69, 9.17) is 11.7 Å². The summed E-state index contributed by atoms with van der Waals surface area (Å²) in [7, 11) is 0.750. The molecule has 0 aromatic heterocycles. The zero-order valence-electron chi connectivity index (χ0n) is 14.6. The van der Waals surface area contributed by atoms with Crippen LogP contribution in [0.4, 0.5) is 0 Å². The van der Waals surface area contributed by atoms with E-state index >= 15 is 0 Å². The Kier molecular flexibility index (Phi) is 8.45. The summed E-state index contributed by atoms with van der Waals surface area (Å²) in [5, 5.41) is 8.25. The maximum atomic E-state index is 11.6. The Balaban J connectivity index is 0.00000232. The van der Waals surface area contributed by atoms with Crippen LogP contribution in [0.5, 0.6) is 0 Å². The van der Waals surface area contributed by atoms with Crippen molar-refractivity contribution in [3.63, 3.8) is 0 Å². The number of carbonyl (C=O) groups is 2. The van der Waals surface area contributed by atoms with Crippen LogP contribution in [0.1, 0.15) is 34.6 Å². The molecule has 0 aromatic carbocycles. The fraction of sp³-hybridized carbons (Fsp3) is 0.412. The van der Waals surface area contributed by atoms with Gasteiger partial charge in [0.05, 0.1) is 0 Å². The molecule has 0 fully saturated rings. The molecule has 1 aliphatic rings. The van der Waals surface area contributed by atoms with Crippen molar-refractivity contribution >= 4 is 11.9 Å².